The number of carbonyl (C=O) groups is 4. The van der Waals surface area contributed by atoms with Crippen molar-refractivity contribution >= 4 is 69.9 Å². The Labute approximate surface area is 302 Å². The summed E-state index contributed by atoms with van der Waals surface area (Å²) in [5.74, 6) is -9.49. The van der Waals surface area contributed by atoms with Gasteiger partial charge in [-0.3, -0.25) is 24.2 Å². The molecule has 7 rings (SSSR count). The number of phenols is 1. The molecule has 4 amide bonds. The Morgan fingerprint density at radius 3 is 2.29 bits per heavy atom. The number of alkyl halides is 5. The van der Waals surface area contributed by atoms with Gasteiger partial charge < -0.3 is 9.84 Å². The zero-order valence-electron chi connectivity index (χ0n) is 26.4. The second-order valence-corrected chi connectivity index (χ2v) is 14.3. The molecule has 10 nitrogen and oxygen atoms in total. The summed E-state index contributed by atoms with van der Waals surface area (Å²) in [4.78, 5) is 56.8. The molecule has 17 heteroatoms. The van der Waals surface area contributed by atoms with Crippen molar-refractivity contribution in [2.75, 3.05) is 24.1 Å². The van der Waals surface area contributed by atoms with Crippen LogP contribution in [0.3, 0.4) is 0 Å². The number of fused-ring (bicyclic) bond motifs is 4. The lowest BCUT2D eigenvalue weighted by Crippen LogP contribution is -2.60. The molecule has 0 radical (unpaired) electrons. The molecule has 2 aliphatic heterocycles. The smallest absolute Gasteiger partial charge is 0.433 e. The fraction of sp³-hybridized carbons (Fsp3) is 0.324. The minimum Gasteiger partial charge on any atom is -0.508 e. The molecule has 3 aromatic rings. The van der Waals surface area contributed by atoms with E-state index in [0.29, 0.717) is 16.6 Å². The van der Waals surface area contributed by atoms with E-state index in [0.717, 1.165) is 28.1 Å². The van der Waals surface area contributed by atoms with Gasteiger partial charge in [0.25, 0.3) is 23.6 Å². The molecule has 266 valence electrons. The number of hydrazine groups is 1. The van der Waals surface area contributed by atoms with Crippen LogP contribution < -0.4 is 14.6 Å². The lowest BCUT2D eigenvalue weighted by atomic mass is 9.56. The molecular weight excluding hydrogens is 743 g/mol. The average Bonchev–Trinajstić information content (AvgIpc) is 3.42. The molecule has 2 saturated heterocycles. The van der Waals surface area contributed by atoms with E-state index < -0.39 is 87.0 Å². The van der Waals surface area contributed by atoms with Gasteiger partial charge >= 0.3 is 6.18 Å². The minimum atomic E-state index is -4.86. The maximum absolute atomic E-state index is 14.5. The summed E-state index contributed by atoms with van der Waals surface area (Å²) in [6, 6.07) is 10.3. The number of phenolic OH excluding ortho intramolecular Hbond substituents is 1. The van der Waals surface area contributed by atoms with Crippen molar-refractivity contribution in [2.45, 2.75) is 34.7 Å². The summed E-state index contributed by atoms with van der Waals surface area (Å²) in [6.45, 7) is 0. The number of rotatable bonds is 5. The SMILES string of the molecule is COc1ccc([C@H]2C3=CC[C@@H]4C(=O)N(N(C)c5nc(C(F)(F)F)ccc5Cl)C(=O)[C@@H]4[C@@H]3C[C@@]3(Cl)C(=O)N(c4ccc(F)cc4)C(=O)[C@@]23Cl)c(O)c1. The molecule has 51 heavy (non-hydrogen) atoms. The summed E-state index contributed by atoms with van der Waals surface area (Å²) >= 11 is 20.8. The number of allylic oxidation sites excluding steroid dienone is 2. The van der Waals surface area contributed by atoms with Gasteiger partial charge in [0, 0.05) is 24.6 Å². The Morgan fingerprint density at radius 1 is 0.980 bits per heavy atom. The van der Waals surface area contributed by atoms with Crippen LogP contribution in [0, 0.1) is 23.6 Å². The highest BCUT2D eigenvalue weighted by molar-refractivity contribution is 6.58. The highest BCUT2D eigenvalue weighted by atomic mass is 35.5. The molecular formula is C34H25Cl3F4N4O6. The molecule has 0 bridgehead atoms. The van der Waals surface area contributed by atoms with Crippen LogP contribution in [0.4, 0.5) is 29.1 Å². The van der Waals surface area contributed by atoms with E-state index in [4.69, 9.17) is 39.5 Å². The second-order valence-electron chi connectivity index (χ2n) is 12.7. The van der Waals surface area contributed by atoms with Crippen molar-refractivity contribution in [3.05, 3.63) is 88.3 Å². The van der Waals surface area contributed by atoms with Crippen molar-refractivity contribution in [3.8, 4) is 11.5 Å². The average molecular weight is 768 g/mol. The number of amides is 4. The largest absolute Gasteiger partial charge is 0.508 e. The molecule has 6 atom stereocenters. The van der Waals surface area contributed by atoms with Crippen LogP contribution in [0.15, 0.2) is 66.2 Å². The van der Waals surface area contributed by atoms with E-state index in [-0.39, 0.29) is 34.2 Å². The first-order valence-electron chi connectivity index (χ1n) is 15.4. The standard InChI is InChI=1S/C34H25Cl3F4N4O6/c1-43(27-22(35)11-12-24(42-27)34(39,40)41)45-28(47)20-10-9-18-21(25(20)29(45)48)14-32(36)30(49)44(16-5-3-15(38)4-6-16)31(50)33(32,37)26(18)19-8-7-17(51-2)13-23(19)46/h3-9,11-13,20-21,25-26,46H,10,14H2,1-2H3/t20-,21+,25-,26+,32+,33-/m0/s1. The van der Waals surface area contributed by atoms with E-state index in [1.54, 1.807) is 6.08 Å². The first-order chi connectivity index (χ1) is 23.9. The number of methoxy groups -OCH3 is 1. The first-order valence-corrected chi connectivity index (χ1v) is 16.5. The molecule has 1 N–H and O–H groups in total. The van der Waals surface area contributed by atoms with Crippen LogP contribution in [0.2, 0.25) is 5.02 Å². The number of anilines is 2. The van der Waals surface area contributed by atoms with E-state index in [2.05, 4.69) is 4.98 Å². The fourth-order valence-corrected chi connectivity index (χ4v) is 8.98. The molecule has 3 heterocycles. The molecule has 4 aliphatic rings. The van der Waals surface area contributed by atoms with Gasteiger partial charge in [-0.2, -0.15) is 18.2 Å². The summed E-state index contributed by atoms with van der Waals surface area (Å²) in [5, 5.41) is 12.5. The molecule has 1 saturated carbocycles. The number of halogens is 7. The van der Waals surface area contributed by atoms with Gasteiger partial charge in [0.15, 0.2) is 15.6 Å². The van der Waals surface area contributed by atoms with Crippen LogP contribution >= 0.6 is 34.8 Å². The highest BCUT2D eigenvalue weighted by Gasteiger charge is 2.77. The van der Waals surface area contributed by atoms with E-state index in [9.17, 15) is 41.8 Å². The zero-order chi connectivity index (χ0) is 36.9. The zero-order valence-corrected chi connectivity index (χ0v) is 28.7. The molecule has 0 unspecified atom stereocenters. The van der Waals surface area contributed by atoms with Gasteiger partial charge in [0.1, 0.15) is 23.0 Å². The number of benzene rings is 2. The lowest BCUT2D eigenvalue weighted by molar-refractivity contribution is -0.141. The lowest BCUT2D eigenvalue weighted by Gasteiger charge is -2.50. The van der Waals surface area contributed by atoms with Gasteiger partial charge in [0.2, 0.25) is 0 Å². The maximum atomic E-state index is 14.5. The Bertz CT molecular complexity index is 2070. The number of ether oxygens (including phenoxy) is 1. The third-order valence-electron chi connectivity index (χ3n) is 10.1. The number of imide groups is 2. The number of aromatic nitrogens is 1. The van der Waals surface area contributed by atoms with Gasteiger partial charge in [0.05, 0.1) is 29.7 Å². The molecule has 3 fully saturated rings. The van der Waals surface area contributed by atoms with Gasteiger partial charge in [-0.15, -0.1) is 23.2 Å². The van der Waals surface area contributed by atoms with Crippen molar-refractivity contribution < 1.29 is 46.6 Å². The third-order valence-corrected chi connectivity index (χ3v) is 11.9. The number of hydrogen-bond donors (Lipinski definition) is 1. The molecule has 2 aliphatic carbocycles. The second kappa shape index (κ2) is 11.8. The molecule has 0 spiro atoms. The number of nitrogens with zero attached hydrogens (tertiary/aromatic N) is 4. The van der Waals surface area contributed by atoms with Crippen molar-refractivity contribution in [3.63, 3.8) is 0 Å². The number of aromatic hydroxyl groups is 1. The molecule has 2 aromatic carbocycles. The summed E-state index contributed by atoms with van der Waals surface area (Å²) in [5.41, 5.74) is -0.927. The Kier molecular flexibility index (Phi) is 8.12. The Hall–Kier alpha value is -4.40. The predicted octanol–water partition coefficient (Wildman–Crippen LogP) is 6.22. The Morgan fingerprint density at radius 2 is 1.67 bits per heavy atom. The van der Waals surface area contributed by atoms with Crippen LogP contribution in [0.25, 0.3) is 0 Å². The van der Waals surface area contributed by atoms with E-state index >= 15 is 0 Å². The quantitative estimate of drug-likeness (QED) is 0.141. The van der Waals surface area contributed by atoms with Crippen LogP contribution in [0.1, 0.15) is 30.0 Å². The molecule has 1 aromatic heterocycles. The van der Waals surface area contributed by atoms with E-state index in [1.807, 2.05) is 0 Å². The fourth-order valence-electron chi connectivity index (χ4n) is 7.83. The summed E-state index contributed by atoms with van der Waals surface area (Å²) < 4.78 is 59.8. The van der Waals surface area contributed by atoms with Gasteiger partial charge in [-0.25, -0.2) is 14.3 Å². The van der Waals surface area contributed by atoms with Crippen LogP contribution in [-0.4, -0.2) is 62.6 Å². The van der Waals surface area contributed by atoms with Crippen LogP contribution in [0.5, 0.6) is 11.5 Å². The van der Waals surface area contributed by atoms with Gasteiger partial charge in [-0.1, -0.05) is 29.3 Å². The number of carbonyl (C=O) groups excluding carboxylic acids is 4. The van der Waals surface area contributed by atoms with Crippen molar-refractivity contribution in [1.29, 1.82) is 0 Å². The van der Waals surface area contributed by atoms with Crippen molar-refractivity contribution in [1.82, 2.24) is 9.99 Å². The topological polar surface area (TPSA) is 120 Å². The predicted molar refractivity (Wildman–Crippen MR) is 176 cm³/mol. The third kappa shape index (κ3) is 4.93. The highest BCUT2D eigenvalue weighted by Crippen LogP contribution is 2.66. The maximum Gasteiger partial charge on any atom is 0.433 e. The normalized spacial score (nSPS) is 28.8. The number of hydrogen-bond acceptors (Lipinski definition) is 8. The van der Waals surface area contributed by atoms with Crippen molar-refractivity contribution in [2.24, 2.45) is 17.8 Å². The van der Waals surface area contributed by atoms with Crippen LogP contribution in [-0.2, 0) is 25.4 Å². The Balaban J connectivity index is 1.36. The van der Waals surface area contributed by atoms with Gasteiger partial charge in [-0.05, 0) is 61.2 Å². The number of pyridine rings is 1. The first kappa shape index (κ1) is 35.0. The van der Waals surface area contributed by atoms with E-state index in [1.165, 1.54) is 44.5 Å². The monoisotopic (exact) mass is 766 g/mol. The summed E-state index contributed by atoms with van der Waals surface area (Å²) in [7, 11) is 2.54. The summed E-state index contributed by atoms with van der Waals surface area (Å²) in [6.07, 6.45) is -3.75. The minimum absolute atomic E-state index is 0.0289.